The van der Waals surface area contributed by atoms with Crippen molar-refractivity contribution in [2.75, 3.05) is 19.8 Å². The summed E-state index contributed by atoms with van der Waals surface area (Å²) in [5, 5.41) is 8.50. The van der Waals surface area contributed by atoms with Gasteiger partial charge in [0.2, 0.25) is 0 Å². The molecule has 6 nitrogen and oxygen atoms in total. The average Bonchev–Trinajstić information content (AvgIpc) is 2.21. The van der Waals surface area contributed by atoms with Crippen molar-refractivity contribution < 1.29 is 24.2 Å². The molecule has 16 heavy (non-hydrogen) atoms. The summed E-state index contributed by atoms with van der Waals surface area (Å²) in [5.74, 6) is -1.58. The number of carbonyl (C=O) groups is 3. The highest BCUT2D eigenvalue weighted by Crippen LogP contribution is 2.10. The first-order valence-electron chi connectivity index (χ1n) is 5.13. The number of amides is 2. The van der Waals surface area contributed by atoms with Crippen molar-refractivity contribution in [3.8, 4) is 0 Å². The van der Waals surface area contributed by atoms with Gasteiger partial charge in [0, 0.05) is 13.0 Å². The van der Waals surface area contributed by atoms with E-state index >= 15 is 0 Å². The van der Waals surface area contributed by atoms with E-state index in [1.54, 1.807) is 0 Å². The summed E-state index contributed by atoms with van der Waals surface area (Å²) in [6.45, 7) is 1.95. The lowest BCUT2D eigenvalue weighted by Gasteiger charge is -2.27. The van der Waals surface area contributed by atoms with Crippen molar-refractivity contribution >= 4 is 17.8 Å². The minimum Gasteiger partial charge on any atom is -0.481 e. The van der Waals surface area contributed by atoms with Crippen molar-refractivity contribution in [3.05, 3.63) is 0 Å². The van der Waals surface area contributed by atoms with Crippen LogP contribution in [0.4, 0.5) is 0 Å². The van der Waals surface area contributed by atoms with Gasteiger partial charge in [-0.2, -0.15) is 0 Å². The molecule has 1 aliphatic rings. The summed E-state index contributed by atoms with van der Waals surface area (Å²) >= 11 is 0. The minimum absolute atomic E-state index is 0.0119. The molecule has 0 bridgehead atoms. The van der Waals surface area contributed by atoms with Crippen LogP contribution in [-0.2, 0) is 19.1 Å². The van der Waals surface area contributed by atoms with Gasteiger partial charge in [-0.1, -0.05) is 6.92 Å². The third kappa shape index (κ3) is 3.62. The molecule has 0 spiro atoms. The fourth-order valence-electron chi connectivity index (χ4n) is 1.50. The first kappa shape index (κ1) is 12.6. The topological polar surface area (TPSA) is 83.9 Å². The first-order chi connectivity index (χ1) is 7.50. The molecule has 1 atom stereocenters. The van der Waals surface area contributed by atoms with Crippen molar-refractivity contribution in [3.63, 3.8) is 0 Å². The van der Waals surface area contributed by atoms with E-state index in [9.17, 15) is 14.4 Å². The number of carboxylic acids is 1. The maximum absolute atomic E-state index is 11.3. The van der Waals surface area contributed by atoms with E-state index in [0.717, 1.165) is 4.90 Å². The van der Waals surface area contributed by atoms with Crippen molar-refractivity contribution in [2.24, 2.45) is 5.92 Å². The fraction of sp³-hybridized carbons (Fsp3) is 0.700. The number of nitrogens with zero attached hydrogens (tertiary/aromatic N) is 1. The van der Waals surface area contributed by atoms with Crippen LogP contribution in [0.15, 0.2) is 0 Å². The number of carbonyl (C=O) groups excluding carboxylic acids is 2. The fourth-order valence-corrected chi connectivity index (χ4v) is 1.50. The molecular formula is C10H15NO5. The van der Waals surface area contributed by atoms with E-state index < -0.39 is 5.97 Å². The Labute approximate surface area is 93.2 Å². The highest BCUT2D eigenvalue weighted by molar-refractivity contribution is 5.98. The SMILES string of the molecule is CC(CCC(=O)O)CN1C(=O)COCC1=O. The van der Waals surface area contributed by atoms with E-state index in [1.807, 2.05) is 6.92 Å². The molecule has 0 aromatic carbocycles. The number of rotatable bonds is 5. The number of ether oxygens (including phenoxy) is 1. The number of hydrogen-bond donors (Lipinski definition) is 1. The zero-order valence-corrected chi connectivity index (χ0v) is 9.14. The van der Waals surface area contributed by atoms with E-state index in [2.05, 4.69) is 0 Å². The molecule has 0 aliphatic carbocycles. The Morgan fingerprint density at radius 3 is 2.50 bits per heavy atom. The summed E-state index contributed by atoms with van der Waals surface area (Å²) in [5.41, 5.74) is 0. The average molecular weight is 229 g/mol. The van der Waals surface area contributed by atoms with Gasteiger partial charge in [-0.3, -0.25) is 19.3 Å². The molecular weight excluding hydrogens is 214 g/mol. The van der Waals surface area contributed by atoms with Gasteiger partial charge in [-0.05, 0) is 12.3 Å². The zero-order valence-electron chi connectivity index (χ0n) is 9.14. The van der Waals surface area contributed by atoms with Gasteiger partial charge in [0.15, 0.2) is 0 Å². The van der Waals surface area contributed by atoms with Gasteiger partial charge >= 0.3 is 5.97 Å². The Bertz CT molecular complexity index is 286. The molecule has 1 aliphatic heterocycles. The largest absolute Gasteiger partial charge is 0.481 e. The van der Waals surface area contributed by atoms with Crippen LogP contribution in [0.5, 0.6) is 0 Å². The molecule has 1 fully saturated rings. The third-order valence-corrected chi connectivity index (χ3v) is 2.40. The molecule has 1 heterocycles. The minimum atomic E-state index is -0.869. The molecule has 0 radical (unpaired) electrons. The lowest BCUT2D eigenvalue weighted by Crippen LogP contribution is -2.47. The summed E-state index contributed by atoms with van der Waals surface area (Å²) < 4.78 is 4.77. The third-order valence-electron chi connectivity index (χ3n) is 2.40. The predicted molar refractivity (Wildman–Crippen MR) is 53.6 cm³/mol. The Morgan fingerprint density at radius 1 is 1.44 bits per heavy atom. The van der Waals surface area contributed by atoms with E-state index in [4.69, 9.17) is 9.84 Å². The Balaban J connectivity index is 2.42. The van der Waals surface area contributed by atoms with Crippen molar-refractivity contribution in [1.29, 1.82) is 0 Å². The number of carboxylic acid groups (broad SMARTS) is 1. The van der Waals surface area contributed by atoms with E-state index in [-0.39, 0.29) is 43.9 Å². The van der Waals surface area contributed by atoms with Gasteiger partial charge in [0.1, 0.15) is 13.2 Å². The predicted octanol–water partition coefficient (Wildman–Crippen LogP) is -0.127. The summed E-state index contributed by atoms with van der Waals surface area (Å²) in [6.07, 6.45) is 0.501. The molecule has 0 aromatic heterocycles. The van der Waals surface area contributed by atoms with E-state index in [0.29, 0.717) is 6.42 Å². The second kappa shape index (κ2) is 5.60. The summed E-state index contributed by atoms with van der Waals surface area (Å²) in [6, 6.07) is 0. The smallest absolute Gasteiger partial charge is 0.303 e. The quantitative estimate of drug-likeness (QED) is 0.664. The molecule has 1 N–H and O–H groups in total. The molecule has 2 amide bonds. The molecule has 6 heteroatoms. The monoisotopic (exact) mass is 229 g/mol. The highest BCUT2D eigenvalue weighted by Gasteiger charge is 2.27. The lowest BCUT2D eigenvalue weighted by atomic mass is 10.0. The van der Waals surface area contributed by atoms with Crippen molar-refractivity contribution in [1.82, 2.24) is 4.90 Å². The summed E-state index contributed by atoms with van der Waals surface area (Å²) in [7, 11) is 0. The molecule has 0 saturated carbocycles. The van der Waals surface area contributed by atoms with Gasteiger partial charge in [-0.25, -0.2) is 0 Å². The zero-order chi connectivity index (χ0) is 12.1. The second-order valence-corrected chi connectivity index (χ2v) is 3.93. The van der Waals surface area contributed by atoms with E-state index in [1.165, 1.54) is 0 Å². The Kier molecular flexibility index (Phi) is 4.42. The van der Waals surface area contributed by atoms with Crippen LogP contribution in [0, 0.1) is 5.92 Å². The van der Waals surface area contributed by atoms with Crippen LogP contribution < -0.4 is 0 Å². The first-order valence-corrected chi connectivity index (χ1v) is 5.13. The standard InChI is InChI=1S/C10H15NO5/c1-7(2-3-10(14)15)4-11-8(12)5-16-6-9(11)13/h7H,2-6H2,1H3,(H,14,15). The molecule has 1 unspecified atom stereocenters. The van der Waals surface area contributed by atoms with Crippen LogP contribution in [0.3, 0.4) is 0 Å². The highest BCUT2D eigenvalue weighted by atomic mass is 16.5. The van der Waals surface area contributed by atoms with Crippen LogP contribution in [0.1, 0.15) is 19.8 Å². The van der Waals surface area contributed by atoms with Crippen LogP contribution in [-0.4, -0.2) is 47.5 Å². The number of hydrogen-bond acceptors (Lipinski definition) is 4. The molecule has 1 saturated heterocycles. The van der Waals surface area contributed by atoms with Crippen LogP contribution >= 0.6 is 0 Å². The molecule has 1 rings (SSSR count). The van der Waals surface area contributed by atoms with Crippen molar-refractivity contribution in [2.45, 2.75) is 19.8 Å². The Morgan fingerprint density at radius 2 is 2.00 bits per heavy atom. The van der Waals surface area contributed by atoms with Gasteiger partial charge in [0.05, 0.1) is 0 Å². The number of morpholine rings is 1. The van der Waals surface area contributed by atoms with Crippen LogP contribution in [0.2, 0.25) is 0 Å². The van der Waals surface area contributed by atoms with Gasteiger partial charge < -0.3 is 9.84 Å². The molecule has 0 aromatic rings. The maximum Gasteiger partial charge on any atom is 0.303 e. The number of aliphatic carboxylic acids is 1. The van der Waals surface area contributed by atoms with Gasteiger partial charge in [-0.15, -0.1) is 0 Å². The van der Waals surface area contributed by atoms with Crippen LogP contribution in [0.25, 0.3) is 0 Å². The second-order valence-electron chi connectivity index (χ2n) is 3.93. The maximum atomic E-state index is 11.3. The summed E-state index contributed by atoms with van der Waals surface area (Å²) in [4.78, 5) is 34.2. The molecule has 90 valence electrons. The Hall–Kier alpha value is -1.43. The number of imide groups is 1. The lowest BCUT2D eigenvalue weighted by molar-refractivity contribution is -0.159. The van der Waals surface area contributed by atoms with Gasteiger partial charge in [0.25, 0.3) is 11.8 Å². The normalized spacial score (nSPS) is 18.7.